The SMILES string of the molecule is C#Cc1cc(-c2cncnc2)ccc1OC. The first kappa shape index (κ1) is 10.2. The van der Waals surface area contributed by atoms with Crippen LogP contribution >= 0.6 is 0 Å². The fraction of sp³-hybridized carbons (Fsp3) is 0.0769. The van der Waals surface area contributed by atoms with E-state index in [0.717, 1.165) is 16.7 Å². The molecule has 0 unspecified atom stereocenters. The Morgan fingerprint density at radius 1 is 1.19 bits per heavy atom. The van der Waals surface area contributed by atoms with Crippen LogP contribution in [0, 0.1) is 12.3 Å². The van der Waals surface area contributed by atoms with E-state index in [1.807, 2.05) is 18.2 Å². The molecule has 0 spiro atoms. The van der Waals surface area contributed by atoms with Crippen molar-refractivity contribution < 1.29 is 4.74 Å². The van der Waals surface area contributed by atoms with Crippen LogP contribution in [0.5, 0.6) is 5.75 Å². The van der Waals surface area contributed by atoms with Crippen molar-refractivity contribution in [2.75, 3.05) is 7.11 Å². The maximum absolute atomic E-state index is 5.41. The van der Waals surface area contributed by atoms with Gasteiger partial charge in [-0.3, -0.25) is 0 Å². The topological polar surface area (TPSA) is 35.0 Å². The van der Waals surface area contributed by atoms with E-state index < -0.39 is 0 Å². The van der Waals surface area contributed by atoms with E-state index in [4.69, 9.17) is 11.2 Å². The van der Waals surface area contributed by atoms with E-state index >= 15 is 0 Å². The van der Waals surface area contributed by atoms with E-state index in [0.29, 0.717) is 5.75 Å². The third-order valence-electron chi connectivity index (χ3n) is 2.25. The minimum atomic E-state index is 0.697. The number of methoxy groups -OCH3 is 1. The van der Waals surface area contributed by atoms with Crippen LogP contribution in [0.3, 0.4) is 0 Å². The van der Waals surface area contributed by atoms with Crippen LogP contribution in [0.4, 0.5) is 0 Å². The number of rotatable bonds is 2. The molecule has 0 amide bonds. The van der Waals surface area contributed by atoms with Crippen molar-refractivity contribution in [2.45, 2.75) is 0 Å². The van der Waals surface area contributed by atoms with Gasteiger partial charge in [0.15, 0.2) is 0 Å². The molecule has 3 heteroatoms. The van der Waals surface area contributed by atoms with Crippen LogP contribution in [0.15, 0.2) is 36.9 Å². The van der Waals surface area contributed by atoms with E-state index in [-0.39, 0.29) is 0 Å². The van der Waals surface area contributed by atoms with Crippen LogP contribution in [-0.4, -0.2) is 17.1 Å². The molecule has 0 aliphatic carbocycles. The Bertz CT molecular complexity index is 529. The highest BCUT2D eigenvalue weighted by Gasteiger charge is 2.03. The van der Waals surface area contributed by atoms with Crippen molar-refractivity contribution in [1.82, 2.24) is 9.97 Å². The molecule has 16 heavy (non-hydrogen) atoms. The van der Waals surface area contributed by atoms with Gasteiger partial charge in [-0.1, -0.05) is 12.0 Å². The van der Waals surface area contributed by atoms with Crippen LogP contribution in [0.25, 0.3) is 11.1 Å². The smallest absolute Gasteiger partial charge is 0.134 e. The highest BCUT2D eigenvalue weighted by molar-refractivity contribution is 5.66. The molecule has 1 aromatic heterocycles. The summed E-state index contributed by atoms with van der Waals surface area (Å²) < 4.78 is 5.15. The normalized spacial score (nSPS) is 9.50. The largest absolute Gasteiger partial charge is 0.495 e. The van der Waals surface area contributed by atoms with Crippen molar-refractivity contribution >= 4 is 0 Å². The van der Waals surface area contributed by atoms with E-state index in [1.165, 1.54) is 6.33 Å². The third kappa shape index (κ3) is 1.86. The van der Waals surface area contributed by atoms with Crippen LogP contribution in [-0.2, 0) is 0 Å². The molecule has 0 fully saturated rings. The lowest BCUT2D eigenvalue weighted by molar-refractivity contribution is 0.413. The Balaban J connectivity index is 2.49. The summed E-state index contributed by atoms with van der Waals surface area (Å²) in [6, 6.07) is 5.66. The van der Waals surface area contributed by atoms with Crippen molar-refractivity contribution in [3.05, 3.63) is 42.5 Å². The Morgan fingerprint density at radius 3 is 2.56 bits per heavy atom. The number of aromatic nitrogens is 2. The average molecular weight is 210 g/mol. The summed E-state index contributed by atoms with van der Waals surface area (Å²) in [6.07, 6.45) is 10.4. The zero-order valence-electron chi connectivity index (χ0n) is 8.84. The van der Waals surface area contributed by atoms with Gasteiger partial charge in [-0.25, -0.2) is 9.97 Å². The Hall–Kier alpha value is -2.34. The first-order valence-electron chi connectivity index (χ1n) is 4.75. The zero-order valence-corrected chi connectivity index (χ0v) is 8.84. The number of hydrogen-bond acceptors (Lipinski definition) is 3. The Morgan fingerprint density at radius 2 is 1.94 bits per heavy atom. The summed E-state index contributed by atoms with van der Waals surface area (Å²) in [4.78, 5) is 7.93. The fourth-order valence-corrected chi connectivity index (χ4v) is 1.45. The minimum Gasteiger partial charge on any atom is -0.495 e. The second-order valence-electron chi connectivity index (χ2n) is 3.19. The second-order valence-corrected chi connectivity index (χ2v) is 3.19. The van der Waals surface area contributed by atoms with Gasteiger partial charge in [-0.2, -0.15) is 0 Å². The number of nitrogens with zero attached hydrogens (tertiary/aromatic N) is 2. The predicted octanol–water partition coefficient (Wildman–Crippen LogP) is 2.13. The lowest BCUT2D eigenvalue weighted by Gasteiger charge is -2.06. The molecule has 0 saturated carbocycles. The summed E-state index contributed by atoms with van der Waals surface area (Å²) in [5.41, 5.74) is 2.64. The summed E-state index contributed by atoms with van der Waals surface area (Å²) in [5.74, 6) is 3.29. The van der Waals surface area contributed by atoms with Crippen LogP contribution in [0.1, 0.15) is 5.56 Å². The number of terminal acetylenes is 1. The molecule has 0 aliphatic heterocycles. The van der Waals surface area contributed by atoms with Crippen molar-refractivity contribution in [3.63, 3.8) is 0 Å². The molecule has 0 N–H and O–H groups in total. The molecule has 1 heterocycles. The zero-order chi connectivity index (χ0) is 11.4. The van der Waals surface area contributed by atoms with Crippen LogP contribution < -0.4 is 4.74 Å². The van der Waals surface area contributed by atoms with Gasteiger partial charge in [-0.15, -0.1) is 6.42 Å². The molecular formula is C13H10N2O. The molecular weight excluding hydrogens is 200 g/mol. The Labute approximate surface area is 94.1 Å². The number of ether oxygens (including phenoxy) is 1. The first-order valence-corrected chi connectivity index (χ1v) is 4.75. The summed E-state index contributed by atoms with van der Waals surface area (Å²) in [6.45, 7) is 0. The lowest BCUT2D eigenvalue weighted by atomic mass is 10.1. The van der Waals surface area contributed by atoms with Gasteiger partial charge >= 0.3 is 0 Å². The van der Waals surface area contributed by atoms with Gasteiger partial charge in [0.25, 0.3) is 0 Å². The van der Waals surface area contributed by atoms with Gasteiger partial charge in [0.05, 0.1) is 12.7 Å². The Kier molecular flexibility index (Phi) is 2.84. The molecule has 0 radical (unpaired) electrons. The van der Waals surface area contributed by atoms with Crippen molar-refractivity contribution in [1.29, 1.82) is 0 Å². The molecule has 0 bridgehead atoms. The lowest BCUT2D eigenvalue weighted by Crippen LogP contribution is -1.89. The fourth-order valence-electron chi connectivity index (χ4n) is 1.45. The summed E-state index contributed by atoms with van der Waals surface area (Å²) >= 11 is 0. The van der Waals surface area contributed by atoms with E-state index in [9.17, 15) is 0 Å². The summed E-state index contributed by atoms with van der Waals surface area (Å²) in [7, 11) is 1.60. The average Bonchev–Trinajstić information content (AvgIpc) is 2.39. The molecule has 0 aliphatic rings. The monoisotopic (exact) mass is 210 g/mol. The van der Waals surface area contributed by atoms with Crippen molar-refractivity contribution in [3.8, 4) is 29.2 Å². The van der Waals surface area contributed by atoms with Gasteiger partial charge in [0, 0.05) is 18.0 Å². The maximum Gasteiger partial charge on any atom is 0.134 e. The first-order chi connectivity index (χ1) is 7.85. The number of hydrogen-bond donors (Lipinski definition) is 0. The standard InChI is InChI=1S/C13H10N2O/c1-3-10-6-11(4-5-13(10)16-2)12-7-14-9-15-8-12/h1,4-9H,2H3. The molecule has 0 atom stereocenters. The molecule has 3 nitrogen and oxygen atoms in total. The van der Waals surface area contributed by atoms with E-state index in [2.05, 4.69) is 15.9 Å². The number of benzene rings is 1. The highest BCUT2D eigenvalue weighted by atomic mass is 16.5. The predicted molar refractivity (Wildman–Crippen MR) is 62.0 cm³/mol. The molecule has 0 saturated heterocycles. The van der Waals surface area contributed by atoms with Crippen LogP contribution in [0.2, 0.25) is 0 Å². The second kappa shape index (κ2) is 4.45. The van der Waals surface area contributed by atoms with E-state index in [1.54, 1.807) is 19.5 Å². The molecule has 1 aromatic carbocycles. The van der Waals surface area contributed by atoms with Gasteiger partial charge in [-0.05, 0) is 17.7 Å². The van der Waals surface area contributed by atoms with Gasteiger partial charge in [0.1, 0.15) is 12.1 Å². The van der Waals surface area contributed by atoms with Crippen molar-refractivity contribution in [2.24, 2.45) is 0 Å². The molecule has 78 valence electrons. The summed E-state index contributed by atoms with van der Waals surface area (Å²) in [5, 5.41) is 0. The van der Waals surface area contributed by atoms with Gasteiger partial charge < -0.3 is 4.74 Å². The maximum atomic E-state index is 5.41. The molecule has 2 rings (SSSR count). The highest BCUT2D eigenvalue weighted by Crippen LogP contribution is 2.24. The minimum absolute atomic E-state index is 0.697. The quantitative estimate of drug-likeness (QED) is 0.712. The third-order valence-corrected chi connectivity index (χ3v) is 2.25. The molecule has 2 aromatic rings. The van der Waals surface area contributed by atoms with Gasteiger partial charge in [0.2, 0.25) is 0 Å².